The number of halogens is 1. The summed E-state index contributed by atoms with van der Waals surface area (Å²) >= 11 is 2.25. The van der Waals surface area contributed by atoms with Crippen molar-refractivity contribution < 1.29 is 10.0 Å². The molecule has 0 aromatic heterocycles. The average molecular weight is 243 g/mol. The maximum atomic E-state index is 10.3. The van der Waals surface area contributed by atoms with Crippen LogP contribution in [-0.4, -0.2) is 15.5 Å². The fourth-order valence-corrected chi connectivity index (χ4v) is 0.975. The molecule has 0 aromatic carbocycles. The molecule has 3 nitrogen and oxygen atoms in total. The number of amides is 1. The number of hydrogen-bond acceptors (Lipinski definition) is 2. The van der Waals surface area contributed by atoms with Crippen molar-refractivity contribution >= 4 is 28.5 Å². The van der Waals surface area contributed by atoms with E-state index in [2.05, 4.69) is 22.6 Å². The van der Waals surface area contributed by atoms with Crippen LogP contribution < -0.4 is 5.48 Å². The van der Waals surface area contributed by atoms with E-state index in [0.29, 0.717) is 6.42 Å². The SMILES string of the molecule is O=C(CCCCI)NO. The second-order valence-corrected chi connectivity index (χ2v) is 2.76. The van der Waals surface area contributed by atoms with Gasteiger partial charge >= 0.3 is 0 Å². The van der Waals surface area contributed by atoms with Crippen molar-refractivity contribution in [2.75, 3.05) is 4.43 Å². The van der Waals surface area contributed by atoms with Crippen LogP contribution in [0.15, 0.2) is 0 Å². The van der Waals surface area contributed by atoms with Crippen LogP contribution in [0, 0.1) is 0 Å². The minimum absolute atomic E-state index is 0.292. The van der Waals surface area contributed by atoms with Crippen molar-refractivity contribution in [2.45, 2.75) is 19.3 Å². The highest BCUT2D eigenvalue weighted by atomic mass is 127. The third-order valence-corrected chi connectivity index (χ3v) is 1.67. The normalized spacial score (nSPS) is 9.11. The molecule has 0 saturated carbocycles. The van der Waals surface area contributed by atoms with Gasteiger partial charge in [-0.25, -0.2) is 5.48 Å². The first-order valence-corrected chi connectivity index (χ1v) is 4.32. The highest BCUT2D eigenvalue weighted by Crippen LogP contribution is 1.97. The second kappa shape index (κ2) is 6.28. The molecule has 0 unspecified atom stereocenters. The molecule has 0 radical (unpaired) electrons. The molecule has 0 saturated heterocycles. The Hall–Kier alpha value is 0.160. The molecular formula is C5H10INO2. The van der Waals surface area contributed by atoms with E-state index in [1.807, 2.05) is 0 Å². The predicted octanol–water partition coefficient (Wildman–Crippen LogP) is 1.10. The lowest BCUT2D eigenvalue weighted by atomic mass is 10.2. The predicted molar refractivity (Wildman–Crippen MR) is 42.7 cm³/mol. The molecule has 0 fully saturated rings. The van der Waals surface area contributed by atoms with Crippen molar-refractivity contribution in [1.29, 1.82) is 0 Å². The third-order valence-electron chi connectivity index (χ3n) is 0.912. The minimum Gasteiger partial charge on any atom is -0.289 e. The van der Waals surface area contributed by atoms with E-state index in [1.54, 1.807) is 5.48 Å². The molecule has 0 bridgehead atoms. The van der Waals surface area contributed by atoms with Gasteiger partial charge in [-0.05, 0) is 17.3 Å². The number of nitrogens with one attached hydrogen (secondary N) is 1. The Kier molecular flexibility index (Phi) is 6.39. The fourth-order valence-electron chi connectivity index (χ4n) is 0.436. The smallest absolute Gasteiger partial charge is 0.243 e. The first-order valence-electron chi connectivity index (χ1n) is 2.80. The number of rotatable bonds is 4. The van der Waals surface area contributed by atoms with Gasteiger partial charge in [-0.2, -0.15) is 0 Å². The maximum absolute atomic E-state index is 10.3. The molecule has 0 aromatic rings. The van der Waals surface area contributed by atoms with Crippen LogP contribution in [0.3, 0.4) is 0 Å². The van der Waals surface area contributed by atoms with Crippen molar-refractivity contribution in [3.63, 3.8) is 0 Å². The fraction of sp³-hybridized carbons (Fsp3) is 0.800. The topological polar surface area (TPSA) is 49.3 Å². The van der Waals surface area contributed by atoms with Gasteiger partial charge < -0.3 is 0 Å². The van der Waals surface area contributed by atoms with Crippen LogP contribution in [0.2, 0.25) is 0 Å². The largest absolute Gasteiger partial charge is 0.289 e. The number of alkyl halides is 1. The number of unbranched alkanes of at least 4 members (excludes halogenated alkanes) is 1. The van der Waals surface area contributed by atoms with E-state index in [4.69, 9.17) is 5.21 Å². The summed E-state index contributed by atoms with van der Waals surface area (Å²) < 4.78 is 1.07. The van der Waals surface area contributed by atoms with Crippen molar-refractivity contribution in [3.8, 4) is 0 Å². The number of hydroxylamine groups is 1. The van der Waals surface area contributed by atoms with E-state index in [9.17, 15) is 4.79 Å². The van der Waals surface area contributed by atoms with Gasteiger partial charge in [0.2, 0.25) is 5.91 Å². The second-order valence-electron chi connectivity index (χ2n) is 1.68. The first-order chi connectivity index (χ1) is 4.31. The first kappa shape index (κ1) is 9.16. The molecule has 0 heterocycles. The van der Waals surface area contributed by atoms with E-state index in [-0.39, 0.29) is 5.91 Å². The zero-order valence-electron chi connectivity index (χ0n) is 5.06. The molecule has 2 N–H and O–H groups in total. The highest BCUT2D eigenvalue weighted by Gasteiger charge is 1.95. The monoisotopic (exact) mass is 243 g/mol. The number of carbonyl (C=O) groups excluding carboxylic acids is 1. The molecule has 0 spiro atoms. The van der Waals surface area contributed by atoms with Gasteiger partial charge in [0.1, 0.15) is 0 Å². The Labute approximate surface area is 67.9 Å². The van der Waals surface area contributed by atoms with E-state index in [1.165, 1.54) is 0 Å². The van der Waals surface area contributed by atoms with E-state index in [0.717, 1.165) is 17.3 Å². The summed E-state index contributed by atoms with van der Waals surface area (Å²) in [4.78, 5) is 10.3. The lowest BCUT2D eigenvalue weighted by molar-refractivity contribution is -0.129. The Morgan fingerprint density at radius 3 is 2.67 bits per heavy atom. The molecule has 1 amide bonds. The third kappa shape index (κ3) is 6.04. The minimum atomic E-state index is -0.292. The Bertz CT molecular complexity index is 87.0. The van der Waals surface area contributed by atoms with Crippen molar-refractivity contribution in [3.05, 3.63) is 0 Å². The Morgan fingerprint density at radius 2 is 2.22 bits per heavy atom. The van der Waals surface area contributed by atoms with Crippen LogP contribution in [0.5, 0.6) is 0 Å². The van der Waals surface area contributed by atoms with Gasteiger partial charge in [-0.15, -0.1) is 0 Å². The van der Waals surface area contributed by atoms with Crippen LogP contribution in [0.4, 0.5) is 0 Å². The van der Waals surface area contributed by atoms with Crippen LogP contribution in [0.1, 0.15) is 19.3 Å². The summed E-state index contributed by atoms with van der Waals surface area (Å²) in [6, 6.07) is 0. The van der Waals surface area contributed by atoms with Crippen molar-refractivity contribution in [2.24, 2.45) is 0 Å². The van der Waals surface area contributed by atoms with Crippen LogP contribution in [0.25, 0.3) is 0 Å². The highest BCUT2D eigenvalue weighted by molar-refractivity contribution is 14.1. The zero-order valence-corrected chi connectivity index (χ0v) is 7.22. The molecule has 9 heavy (non-hydrogen) atoms. The molecule has 54 valence electrons. The van der Waals surface area contributed by atoms with Gasteiger partial charge in [0.25, 0.3) is 0 Å². The Balaban J connectivity index is 2.97. The molecule has 4 heteroatoms. The maximum Gasteiger partial charge on any atom is 0.243 e. The molecular weight excluding hydrogens is 233 g/mol. The summed E-state index contributed by atoms with van der Waals surface area (Å²) in [6.07, 6.45) is 2.32. The van der Waals surface area contributed by atoms with Gasteiger partial charge in [0.15, 0.2) is 0 Å². The number of hydrogen-bond donors (Lipinski definition) is 2. The summed E-state index contributed by atoms with van der Waals surface area (Å²) in [5.41, 5.74) is 1.58. The molecule has 0 aliphatic heterocycles. The summed E-state index contributed by atoms with van der Waals surface area (Å²) in [7, 11) is 0. The number of carbonyl (C=O) groups is 1. The molecule has 0 rings (SSSR count). The van der Waals surface area contributed by atoms with Crippen molar-refractivity contribution in [1.82, 2.24) is 5.48 Å². The lowest BCUT2D eigenvalue weighted by Gasteiger charge is -1.94. The van der Waals surface area contributed by atoms with Gasteiger partial charge in [0, 0.05) is 6.42 Å². The van der Waals surface area contributed by atoms with Gasteiger partial charge in [-0.3, -0.25) is 10.0 Å². The summed E-state index contributed by atoms with van der Waals surface area (Å²) in [5.74, 6) is -0.292. The Morgan fingerprint density at radius 1 is 1.56 bits per heavy atom. The lowest BCUT2D eigenvalue weighted by Crippen LogP contribution is -2.17. The van der Waals surface area contributed by atoms with Gasteiger partial charge in [-0.1, -0.05) is 22.6 Å². The molecule has 0 atom stereocenters. The van der Waals surface area contributed by atoms with E-state index >= 15 is 0 Å². The summed E-state index contributed by atoms with van der Waals surface area (Å²) in [5, 5.41) is 8.03. The van der Waals surface area contributed by atoms with Crippen LogP contribution in [-0.2, 0) is 4.79 Å². The molecule has 0 aliphatic rings. The quantitative estimate of drug-likeness (QED) is 0.255. The molecule has 0 aliphatic carbocycles. The van der Waals surface area contributed by atoms with Gasteiger partial charge in [0.05, 0.1) is 0 Å². The average Bonchev–Trinajstić information content (AvgIpc) is 1.89. The van der Waals surface area contributed by atoms with E-state index < -0.39 is 0 Å². The van der Waals surface area contributed by atoms with Crippen LogP contribution >= 0.6 is 22.6 Å². The summed E-state index contributed by atoms with van der Waals surface area (Å²) in [6.45, 7) is 0. The standard InChI is InChI=1S/C5H10INO2/c6-4-2-1-3-5(8)7-9/h9H,1-4H2,(H,7,8). The zero-order chi connectivity index (χ0) is 7.11.